The highest BCUT2D eigenvalue weighted by Gasteiger charge is 2.38. The number of hydroxylamine groups is 10. The first-order valence-electron chi connectivity index (χ1n) is 4.53. The monoisotopic (exact) mass is 206 g/mol. The molecule has 0 unspecified atom stereocenters. The van der Waals surface area contributed by atoms with Gasteiger partial charge in [0.2, 0.25) is 0 Å². The molecule has 5 heteroatoms. The van der Waals surface area contributed by atoms with E-state index in [2.05, 4.69) is 6.58 Å². The first-order chi connectivity index (χ1) is 5.97. The molecule has 14 heavy (non-hydrogen) atoms. The highest BCUT2D eigenvalue weighted by Crippen LogP contribution is 2.14. The Bertz CT molecular complexity index is 187. The van der Waals surface area contributed by atoms with Crippen LogP contribution in [0.15, 0.2) is 12.8 Å². The van der Waals surface area contributed by atoms with Gasteiger partial charge in [0.25, 0.3) is 0 Å². The van der Waals surface area contributed by atoms with Gasteiger partial charge in [0.1, 0.15) is 49.3 Å². The Labute approximate surface area is 86.9 Å². The number of quaternary nitrogens is 3. The zero-order valence-corrected chi connectivity index (χ0v) is 10.4. The van der Waals surface area contributed by atoms with Crippen molar-refractivity contribution < 1.29 is 24.0 Å². The lowest BCUT2D eigenvalue weighted by atomic mass is 10.9. The van der Waals surface area contributed by atoms with Crippen LogP contribution in [-0.4, -0.2) is 63.4 Å². The molecule has 5 nitrogen and oxygen atoms in total. The third-order valence-corrected chi connectivity index (χ3v) is 1.15. The fraction of sp³-hybridized carbons (Fsp3) is 0.778. The van der Waals surface area contributed by atoms with Gasteiger partial charge in [0, 0.05) is 9.88 Å². The van der Waals surface area contributed by atoms with E-state index in [1.54, 1.807) is 13.2 Å². The van der Waals surface area contributed by atoms with Crippen LogP contribution in [0.25, 0.3) is 0 Å². The molecule has 0 N–H and O–H groups in total. The standard InChI is InChI=1S/C9H24N3O2/c1-9-12(8,13-10(2,3)4)14-11(5,6)7/h9H,1H2,2-8H3/q+3. The van der Waals surface area contributed by atoms with Crippen molar-refractivity contribution in [3.8, 4) is 0 Å². The molecule has 0 saturated heterocycles. The lowest BCUT2D eigenvalue weighted by Crippen LogP contribution is -2.56. The lowest BCUT2D eigenvalue weighted by Gasteiger charge is -2.31. The molecular weight excluding hydrogens is 182 g/mol. The van der Waals surface area contributed by atoms with Crippen molar-refractivity contribution in [3.05, 3.63) is 12.8 Å². The van der Waals surface area contributed by atoms with Crippen LogP contribution in [-0.2, 0) is 9.88 Å². The molecule has 0 aliphatic heterocycles. The van der Waals surface area contributed by atoms with Crippen LogP contribution in [0.3, 0.4) is 0 Å². The molecule has 0 rings (SSSR count). The summed E-state index contributed by atoms with van der Waals surface area (Å²) in [4.78, 5) is 11.2. The zero-order chi connectivity index (χ0) is 11.6. The third kappa shape index (κ3) is 6.06. The first kappa shape index (κ1) is 13.5. The Morgan fingerprint density at radius 2 is 1.07 bits per heavy atom. The summed E-state index contributed by atoms with van der Waals surface area (Å²) in [6.07, 6.45) is 1.60. The number of nitrogens with zero attached hydrogens (tertiary/aromatic N) is 3. The number of hydrogen-bond donors (Lipinski definition) is 0. The van der Waals surface area contributed by atoms with Crippen LogP contribution >= 0.6 is 0 Å². The summed E-state index contributed by atoms with van der Waals surface area (Å²) in [6.45, 7) is 3.70. The van der Waals surface area contributed by atoms with Crippen LogP contribution in [0.4, 0.5) is 0 Å². The average molecular weight is 206 g/mol. The summed E-state index contributed by atoms with van der Waals surface area (Å²) in [7, 11) is 13.3. The quantitative estimate of drug-likeness (QED) is 0.486. The Morgan fingerprint density at radius 3 is 1.21 bits per heavy atom. The van der Waals surface area contributed by atoms with Crippen LogP contribution < -0.4 is 0 Å². The van der Waals surface area contributed by atoms with Gasteiger partial charge in [-0.25, -0.2) is 0 Å². The van der Waals surface area contributed by atoms with E-state index >= 15 is 0 Å². The average Bonchev–Trinajstić information content (AvgIpc) is 1.78. The van der Waals surface area contributed by atoms with Crippen molar-refractivity contribution in [2.75, 3.05) is 49.3 Å². The van der Waals surface area contributed by atoms with Crippen molar-refractivity contribution in [3.63, 3.8) is 0 Å². The van der Waals surface area contributed by atoms with Gasteiger partial charge in [-0.1, -0.05) is 0 Å². The van der Waals surface area contributed by atoms with Gasteiger partial charge >= 0.3 is 0 Å². The molecule has 0 radical (unpaired) electrons. The fourth-order valence-electron chi connectivity index (χ4n) is 1.05. The largest absolute Gasteiger partial charge is 0.168 e. The Morgan fingerprint density at radius 1 is 0.786 bits per heavy atom. The molecule has 0 aromatic carbocycles. The van der Waals surface area contributed by atoms with Crippen molar-refractivity contribution in [1.82, 2.24) is 0 Å². The minimum Gasteiger partial charge on any atom is -0.131 e. The summed E-state index contributed by atoms with van der Waals surface area (Å²) >= 11 is 0. The minimum atomic E-state index is -0.104. The highest BCUT2D eigenvalue weighted by atomic mass is 17.1. The molecule has 0 heterocycles. The topological polar surface area (TPSA) is 18.5 Å². The molecule has 0 amide bonds. The van der Waals surface area contributed by atoms with Crippen molar-refractivity contribution >= 4 is 0 Å². The second-order valence-electron chi connectivity index (χ2n) is 5.03. The molecule has 0 aromatic heterocycles. The van der Waals surface area contributed by atoms with Crippen molar-refractivity contribution in [1.29, 1.82) is 0 Å². The van der Waals surface area contributed by atoms with Crippen LogP contribution in [0.1, 0.15) is 0 Å². The van der Waals surface area contributed by atoms with Crippen LogP contribution in [0, 0.1) is 0 Å². The SMILES string of the molecule is C=C[N+](C)(O[N+](C)(C)C)O[N+](C)(C)C. The molecule has 0 atom stereocenters. The molecule has 0 spiro atoms. The van der Waals surface area contributed by atoms with Gasteiger partial charge in [-0.3, -0.25) is 0 Å². The highest BCUT2D eigenvalue weighted by molar-refractivity contribution is 4.42. The van der Waals surface area contributed by atoms with Gasteiger partial charge in [-0.05, 0) is 6.58 Å². The van der Waals surface area contributed by atoms with E-state index < -0.39 is 0 Å². The Hall–Kier alpha value is -0.460. The maximum Gasteiger partial charge on any atom is 0.168 e. The summed E-state index contributed by atoms with van der Waals surface area (Å²) in [5.74, 6) is 0. The molecular formula is C9H24N3O2+3. The minimum absolute atomic E-state index is 0.104. The Balaban J connectivity index is 4.57. The van der Waals surface area contributed by atoms with E-state index in [1.165, 1.54) is 0 Å². The molecule has 0 aromatic rings. The van der Waals surface area contributed by atoms with Crippen LogP contribution in [0.5, 0.6) is 0 Å². The summed E-state index contributed by atoms with van der Waals surface area (Å²) in [5, 5.41) is 0. The predicted octanol–water partition coefficient (Wildman–Crippen LogP) is 0.682. The lowest BCUT2D eigenvalue weighted by molar-refractivity contribution is -1.46. The van der Waals surface area contributed by atoms with E-state index in [4.69, 9.17) is 9.88 Å². The summed E-state index contributed by atoms with van der Waals surface area (Å²) < 4.78 is 0.672. The molecule has 0 aliphatic rings. The summed E-state index contributed by atoms with van der Waals surface area (Å²) in [5.41, 5.74) is 0. The van der Waals surface area contributed by atoms with Crippen molar-refractivity contribution in [2.45, 2.75) is 0 Å². The molecule has 84 valence electrons. The molecule has 0 bridgehead atoms. The first-order valence-corrected chi connectivity index (χ1v) is 4.53. The summed E-state index contributed by atoms with van der Waals surface area (Å²) in [6, 6.07) is 0. The molecule has 0 saturated carbocycles. The second kappa shape index (κ2) is 3.96. The van der Waals surface area contributed by atoms with Gasteiger partial charge in [0.15, 0.2) is 6.20 Å². The third-order valence-electron chi connectivity index (χ3n) is 1.15. The van der Waals surface area contributed by atoms with Gasteiger partial charge in [-0.15, -0.1) is 9.29 Å². The maximum atomic E-state index is 5.67. The number of rotatable bonds is 5. The van der Waals surface area contributed by atoms with E-state index in [9.17, 15) is 0 Å². The smallest absolute Gasteiger partial charge is 0.131 e. The fourth-order valence-corrected chi connectivity index (χ4v) is 1.05. The van der Waals surface area contributed by atoms with Crippen LogP contribution in [0.2, 0.25) is 0 Å². The van der Waals surface area contributed by atoms with Crippen molar-refractivity contribution in [2.24, 2.45) is 0 Å². The van der Waals surface area contributed by atoms with E-state index in [0.717, 1.165) is 0 Å². The molecule has 0 aliphatic carbocycles. The normalized spacial score (nSPS) is 14.2. The van der Waals surface area contributed by atoms with E-state index in [1.807, 2.05) is 42.3 Å². The van der Waals surface area contributed by atoms with E-state index in [0.29, 0.717) is 9.29 Å². The number of hydrogen-bond acceptors (Lipinski definition) is 2. The van der Waals surface area contributed by atoms with E-state index in [-0.39, 0.29) is 4.81 Å². The van der Waals surface area contributed by atoms with Gasteiger partial charge in [0.05, 0.1) is 4.81 Å². The van der Waals surface area contributed by atoms with Gasteiger partial charge < -0.3 is 0 Å². The van der Waals surface area contributed by atoms with Gasteiger partial charge in [-0.2, -0.15) is 0 Å². The maximum absolute atomic E-state index is 5.67. The zero-order valence-electron chi connectivity index (χ0n) is 10.4. The second-order valence-corrected chi connectivity index (χ2v) is 5.03. The predicted molar refractivity (Wildman–Crippen MR) is 54.6 cm³/mol. The molecule has 0 fully saturated rings. The Kier molecular flexibility index (Phi) is 3.83.